The molecule has 0 spiro atoms. The molecule has 0 amide bonds. The number of carbonyl (C=O) groups is 1. The zero-order valence-electron chi connectivity index (χ0n) is 8.63. The Morgan fingerprint density at radius 3 is 3.00 bits per heavy atom. The lowest BCUT2D eigenvalue weighted by Gasteiger charge is -2.09. The number of rotatable bonds is 2. The molecule has 0 fully saturated rings. The SMILES string of the molecule is CCOC(=O)C1Cc2ccc(Cl)c(Cl)c2O1. The van der Waals surface area contributed by atoms with E-state index >= 15 is 0 Å². The maximum atomic E-state index is 11.5. The van der Waals surface area contributed by atoms with Crippen molar-refractivity contribution in [2.24, 2.45) is 0 Å². The number of hydrogen-bond acceptors (Lipinski definition) is 3. The molecule has 0 aromatic heterocycles. The number of fused-ring (bicyclic) bond motifs is 1. The van der Waals surface area contributed by atoms with Crippen LogP contribution in [0.5, 0.6) is 5.75 Å². The van der Waals surface area contributed by atoms with E-state index < -0.39 is 6.10 Å². The van der Waals surface area contributed by atoms with Crippen LogP contribution in [0.25, 0.3) is 0 Å². The summed E-state index contributed by atoms with van der Waals surface area (Å²) in [7, 11) is 0. The fraction of sp³-hybridized carbons (Fsp3) is 0.364. The average molecular weight is 261 g/mol. The van der Waals surface area contributed by atoms with Crippen molar-refractivity contribution < 1.29 is 14.3 Å². The van der Waals surface area contributed by atoms with E-state index in [2.05, 4.69) is 0 Å². The van der Waals surface area contributed by atoms with E-state index in [4.69, 9.17) is 32.7 Å². The predicted molar refractivity (Wildman–Crippen MR) is 61.2 cm³/mol. The third-order valence-corrected chi connectivity index (χ3v) is 3.13. The van der Waals surface area contributed by atoms with Crippen molar-refractivity contribution >= 4 is 29.2 Å². The van der Waals surface area contributed by atoms with E-state index in [-0.39, 0.29) is 5.97 Å². The molecular weight excluding hydrogens is 251 g/mol. The van der Waals surface area contributed by atoms with Crippen LogP contribution < -0.4 is 4.74 Å². The van der Waals surface area contributed by atoms with Crippen molar-refractivity contribution in [2.45, 2.75) is 19.4 Å². The summed E-state index contributed by atoms with van der Waals surface area (Å²) in [6.07, 6.45) is -0.128. The Balaban J connectivity index is 2.21. The van der Waals surface area contributed by atoms with E-state index in [1.807, 2.05) is 6.07 Å². The molecule has 0 aliphatic carbocycles. The Kier molecular flexibility index (Phi) is 3.26. The summed E-state index contributed by atoms with van der Waals surface area (Å²) >= 11 is 11.8. The second kappa shape index (κ2) is 4.52. The predicted octanol–water partition coefficient (Wildman–Crippen LogP) is 2.86. The average Bonchev–Trinajstić information content (AvgIpc) is 2.69. The molecule has 1 aliphatic heterocycles. The zero-order chi connectivity index (χ0) is 11.7. The number of carbonyl (C=O) groups excluding carboxylic acids is 1. The molecule has 1 unspecified atom stereocenters. The molecule has 0 N–H and O–H groups in total. The Morgan fingerprint density at radius 2 is 2.31 bits per heavy atom. The minimum atomic E-state index is -0.606. The largest absolute Gasteiger partial charge is 0.476 e. The van der Waals surface area contributed by atoms with Gasteiger partial charge >= 0.3 is 5.97 Å². The lowest BCUT2D eigenvalue weighted by molar-refractivity contribution is -0.150. The molecule has 0 saturated carbocycles. The minimum absolute atomic E-state index is 0.337. The first-order chi connectivity index (χ1) is 7.63. The molecule has 0 radical (unpaired) electrons. The van der Waals surface area contributed by atoms with Crippen molar-refractivity contribution in [3.05, 3.63) is 27.7 Å². The van der Waals surface area contributed by atoms with Gasteiger partial charge in [0.15, 0.2) is 6.10 Å². The topological polar surface area (TPSA) is 35.5 Å². The maximum absolute atomic E-state index is 11.5. The molecule has 0 bridgehead atoms. The van der Waals surface area contributed by atoms with Crippen LogP contribution in [0, 0.1) is 0 Å². The molecule has 16 heavy (non-hydrogen) atoms. The first-order valence-corrected chi connectivity index (χ1v) is 5.69. The highest BCUT2D eigenvalue weighted by Gasteiger charge is 2.32. The molecule has 3 nitrogen and oxygen atoms in total. The molecule has 2 rings (SSSR count). The highest BCUT2D eigenvalue weighted by Crippen LogP contribution is 2.40. The monoisotopic (exact) mass is 260 g/mol. The van der Waals surface area contributed by atoms with Crippen LogP contribution in [0.1, 0.15) is 12.5 Å². The van der Waals surface area contributed by atoms with Crippen LogP contribution >= 0.6 is 23.2 Å². The van der Waals surface area contributed by atoms with E-state index in [0.29, 0.717) is 28.8 Å². The number of hydrogen-bond donors (Lipinski definition) is 0. The van der Waals surface area contributed by atoms with Crippen LogP contribution in [0.2, 0.25) is 10.0 Å². The number of benzene rings is 1. The van der Waals surface area contributed by atoms with Crippen molar-refractivity contribution in [1.82, 2.24) is 0 Å². The smallest absolute Gasteiger partial charge is 0.347 e. The molecule has 1 aromatic carbocycles. The van der Waals surface area contributed by atoms with E-state index in [1.54, 1.807) is 13.0 Å². The number of esters is 1. The van der Waals surface area contributed by atoms with Gasteiger partial charge in [0.25, 0.3) is 0 Å². The van der Waals surface area contributed by atoms with E-state index in [1.165, 1.54) is 0 Å². The number of ether oxygens (including phenoxy) is 2. The standard InChI is InChI=1S/C11H10Cl2O3/c1-2-15-11(14)8-5-6-3-4-7(12)9(13)10(6)16-8/h3-4,8H,2,5H2,1H3. The lowest BCUT2D eigenvalue weighted by Crippen LogP contribution is -2.27. The second-order valence-electron chi connectivity index (χ2n) is 3.41. The summed E-state index contributed by atoms with van der Waals surface area (Å²) in [6, 6.07) is 3.50. The number of halogens is 2. The molecule has 0 saturated heterocycles. The van der Waals surface area contributed by atoms with Crippen LogP contribution in [-0.2, 0) is 16.0 Å². The highest BCUT2D eigenvalue weighted by molar-refractivity contribution is 6.43. The van der Waals surface area contributed by atoms with Gasteiger partial charge in [-0.3, -0.25) is 0 Å². The Labute approximate surface area is 103 Å². The molecule has 1 atom stereocenters. The minimum Gasteiger partial charge on any atom is -0.476 e. The highest BCUT2D eigenvalue weighted by atomic mass is 35.5. The van der Waals surface area contributed by atoms with Crippen molar-refractivity contribution in [3.63, 3.8) is 0 Å². The molecule has 86 valence electrons. The molecule has 1 heterocycles. The summed E-state index contributed by atoms with van der Waals surface area (Å²) in [5.74, 6) is 0.123. The Bertz CT molecular complexity index is 431. The van der Waals surface area contributed by atoms with Gasteiger partial charge in [0, 0.05) is 12.0 Å². The zero-order valence-corrected chi connectivity index (χ0v) is 10.1. The third kappa shape index (κ3) is 1.97. The van der Waals surface area contributed by atoms with Gasteiger partial charge in [0.2, 0.25) is 0 Å². The van der Waals surface area contributed by atoms with Gasteiger partial charge < -0.3 is 9.47 Å². The van der Waals surface area contributed by atoms with Crippen LogP contribution in [0.15, 0.2) is 12.1 Å². The molecule has 1 aromatic rings. The normalized spacial score (nSPS) is 17.8. The lowest BCUT2D eigenvalue weighted by atomic mass is 10.1. The van der Waals surface area contributed by atoms with Gasteiger partial charge in [-0.25, -0.2) is 4.79 Å². The van der Waals surface area contributed by atoms with E-state index in [0.717, 1.165) is 5.56 Å². The molecule has 5 heteroatoms. The van der Waals surface area contributed by atoms with Gasteiger partial charge in [-0.15, -0.1) is 0 Å². The van der Waals surface area contributed by atoms with Crippen LogP contribution in [-0.4, -0.2) is 18.7 Å². The Morgan fingerprint density at radius 1 is 1.56 bits per heavy atom. The third-order valence-electron chi connectivity index (χ3n) is 2.35. The molecule has 1 aliphatic rings. The van der Waals surface area contributed by atoms with E-state index in [9.17, 15) is 4.79 Å². The quantitative estimate of drug-likeness (QED) is 0.768. The Hall–Kier alpha value is -0.930. The summed E-state index contributed by atoms with van der Waals surface area (Å²) in [5, 5.41) is 0.774. The van der Waals surface area contributed by atoms with Gasteiger partial charge in [-0.05, 0) is 13.0 Å². The van der Waals surface area contributed by atoms with Crippen molar-refractivity contribution in [1.29, 1.82) is 0 Å². The maximum Gasteiger partial charge on any atom is 0.347 e. The fourth-order valence-corrected chi connectivity index (χ4v) is 1.99. The van der Waals surface area contributed by atoms with Gasteiger partial charge in [0.1, 0.15) is 10.8 Å². The first-order valence-electron chi connectivity index (χ1n) is 4.93. The fourth-order valence-electron chi connectivity index (χ4n) is 1.61. The second-order valence-corrected chi connectivity index (χ2v) is 4.20. The van der Waals surface area contributed by atoms with Gasteiger partial charge in [0.05, 0.1) is 11.6 Å². The summed E-state index contributed by atoms with van der Waals surface area (Å²) < 4.78 is 10.3. The van der Waals surface area contributed by atoms with Gasteiger partial charge in [-0.2, -0.15) is 0 Å². The summed E-state index contributed by atoms with van der Waals surface area (Å²) in [5.41, 5.74) is 0.882. The van der Waals surface area contributed by atoms with Gasteiger partial charge in [-0.1, -0.05) is 29.3 Å². The summed E-state index contributed by atoms with van der Waals surface area (Å²) in [6.45, 7) is 2.09. The van der Waals surface area contributed by atoms with Crippen molar-refractivity contribution in [3.8, 4) is 5.75 Å². The van der Waals surface area contributed by atoms with Crippen molar-refractivity contribution in [2.75, 3.05) is 6.61 Å². The van der Waals surface area contributed by atoms with Crippen LogP contribution in [0.3, 0.4) is 0 Å². The first kappa shape index (κ1) is 11.6. The van der Waals surface area contributed by atoms with Crippen LogP contribution in [0.4, 0.5) is 0 Å². The summed E-state index contributed by atoms with van der Waals surface area (Å²) in [4.78, 5) is 11.5. The molecular formula is C11H10Cl2O3.